The van der Waals surface area contributed by atoms with Gasteiger partial charge in [0.2, 0.25) is 5.91 Å². The van der Waals surface area contributed by atoms with Gasteiger partial charge in [-0.1, -0.05) is 43.2 Å². The lowest BCUT2D eigenvalue weighted by molar-refractivity contribution is -0.137. The minimum atomic E-state index is 0.227. The normalized spacial score (nSPS) is 19.6. The molecule has 1 aliphatic heterocycles. The second-order valence-electron chi connectivity index (χ2n) is 7.04. The maximum Gasteiger partial charge on any atom is 0.225 e. The highest BCUT2D eigenvalue weighted by Crippen LogP contribution is 2.26. The van der Waals surface area contributed by atoms with Gasteiger partial charge in [-0.2, -0.15) is 0 Å². The van der Waals surface area contributed by atoms with Crippen molar-refractivity contribution in [2.75, 3.05) is 32.7 Å². The second kappa shape index (κ2) is 8.43. The first-order valence-electron chi connectivity index (χ1n) is 9.33. The van der Waals surface area contributed by atoms with Gasteiger partial charge in [0.15, 0.2) is 5.78 Å². The van der Waals surface area contributed by atoms with Crippen molar-refractivity contribution in [2.45, 2.75) is 38.5 Å². The molecule has 0 atom stereocenters. The van der Waals surface area contributed by atoms with Crippen molar-refractivity contribution in [1.82, 2.24) is 9.80 Å². The Kier molecular flexibility index (Phi) is 6.02. The Morgan fingerprint density at radius 2 is 1.62 bits per heavy atom. The van der Waals surface area contributed by atoms with Crippen molar-refractivity contribution in [3.8, 4) is 0 Å². The smallest absolute Gasteiger partial charge is 0.225 e. The predicted octanol–water partition coefficient (Wildman–Crippen LogP) is 2.98. The molecule has 1 saturated carbocycles. The summed E-state index contributed by atoms with van der Waals surface area (Å²) in [5.41, 5.74) is 0.810. The molecule has 4 heteroatoms. The van der Waals surface area contributed by atoms with E-state index in [1.807, 2.05) is 30.3 Å². The van der Waals surface area contributed by atoms with Crippen LogP contribution in [0.5, 0.6) is 0 Å². The highest BCUT2D eigenvalue weighted by atomic mass is 16.2. The minimum absolute atomic E-state index is 0.227. The van der Waals surface area contributed by atoms with Crippen LogP contribution in [0.4, 0.5) is 0 Å². The van der Waals surface area contributed by atoms with Gasteiger partial charge in [0.05, 0.1) is 0 Å². The Balaban J connectivity index is 1.35. The first-order valence-corrected chi connectivity index (χ1v) is 9.33. The van der Waals surface area contributed by atoms with E-state index >= 15 is 0 Å². The zero-order valence-corrected chi connectivity index (χ0v) is 14.5. The van der Waals surface area contributed by atoms with Crippen LogP contribution in [-0.2, 0) is 4.79 Å². The summed E-state index contributed by atoms with van der Waals surface area (Å²) in [6.45, 7) is 4.53. The molecule has 0 radical (unpaired) electrons. The number of nitrogens with zero attached hydrogens (tertiary/aromatic N) is 2. The maximum absolute atomic E-state index is 12.4. The van der Waals surface area contributed by atoms with E-state index in [-0.39, 0.29) is 5.78 Å². The summed E-state index contributed by atoms with van der Waals surface area (Å²) in [5, 5.41) is 0. The predicted molar refractivity (Wildman–Crippen MR) is 95.0 cm³/mol. The lowest BCUT2D eigenvalue weighted by Crippen LogP contribution is -2.50. The van der Waals surface area contributed by atoms with E-state index in [0.29, 0.717) is 18.2 Å². The molecule has 1 amide bonds. The van der Waals surface area contributed by atoms with Crippen LogP contribution in [0.25, 0.3) is 0 Å². The Morgan fingerprint density at radius 1 is 0.958 bits per heavy atom. The summed E-state index contributed by atoms with van der Waals surface area (Å²) in [5.74, 6) is 0.900. The molecule has 0 N–H and O–H groups in total. The minimum Gasteiger partial charge on any atom is -0.340 e. The third-order valence-electron chi connectivity index (χ3n) is 5.36. The largest absolute Gasteiger partial charge is 0.340 e. The highest BCUT2D eigenvalue weighted by Gasteiger charge is 2.29. The molecular weight excluding hydrogens is 300 g/mol. The Hall–Kier alpha value is -1.68. The molecule has 1 aliphatic carbocycles. The summed E-state index contributed by atoms with van der Waals surface area (Å²) in [6.07, 6.45) is 6.09. The van der Waals surface area contributed by atoms with Crippen LogP contribution in [0.1, 0.15) is 48.9 Å². The lowest BCUT2D eigenvalue weighted by atomic mass is 10.1. The molecule has 4 nitrogen and oxygen atoms in total. The number of hydrogen-bond acceptors (Lipinski definition) is 3. The number of hydrogen-bond donors (Lipinski definition) is 0. The van der Waals surface area contributed by atoms with Crippen LogP contribution in [0.2, 0.25) is 0 Å². The van der Waals surface area contributed by atoms with E-state index in [4.69, 9.17) is 0 Å². The van der Waals surface area contributed by atoms with Crippen molar-refractivity contribution in [1.29, 1.82) is 0 Å². The third-order valence-corrected chi connectivity index (χ3v) is 5.36. The summed E-state index contributed by atoms with van der Waals surface area (Å²) in [4.78, 5) is 29.0. The highest BCUT2D eigenvalue weighted by molar-refractivity contribution is 5.95. The number of ketones is 1. The number of piperazine rings is 1. The standard InChI is InChI=1S/C20H28N2O2/c23-19(17-7-2-1-3-8-17)11-6-12-21-13-15-22(16-14-21)20(24)18-9-4-5-10-18/h1-3,7-8,18H,4-6,9-16H2. The second-order valence-corrected chi connectivity index (χ2v) is 7.04. The average molecular weight is 328 g/mol. The van der Waals surface area contributed by atoms with Crippen molar-refractivity contribution in [3.63, 3.8) is 0 Å². The molecule has 24 heavy (non-hydrogen) atoms. The van der Waals surface area contributed by atoms with Gasteiger partial charge < -0.3 is 4.90 Å². The van der Waals surface area contributed by atoms with E-state index < -0.39 is 0 Å². The average Bonchev–Trinajstić information content (AvgIpc) is 3.17. The molecule has 2 fully saturated rings. The number of benzene rings is 1. The molecule has 1 heterocycles. The van der Waals surface area contributed by atoms with E-state index in [2.05, 4.69) is 9.80 Å². The number of carbonyl (C=O) groups is 2. The number of rotatable bonds is 6. The molecule has 2 aliphatic rings. The molecule has 0 unspecified atom stereocenters. The van der Waals surface area contributed by atoms with Crippen molar-refractivity contribution >= 4 is 11.7 Å². The van der Waals surface area contributed by atoms with Gasteiger partial charge in [-0.15, -0.1) is 0 Å². The maximum atomic E-state index is 12.4. The van der Waals surface area contributed by atoms with E-state index in [1.165, 1.54) is 12.8 Å². The SMILES string of the molecule is O=C(CCCN1CCN(C(=O)C2CCCC2)CC1)c1ccccc1. The molecule has 1 saturated heterocycles. The summed E-state index contributed by atoms with van der Waals surface area (Å²) < 4.78 is 0. The van der Waals surface area contributed by atoms with Gasteiger partial charge in [-0.3, -0.25) is 14.5 Å². The molecule has 1 aromatic carbocycles. The van der Waals surface area contributed by atoms with E-state index in [9.17, 15) is 9.59 Å². The van der Waals surface area contributed by atoms with Crippen molar-refractivity contribution < 1.29 is 9.59 Å². The first-order chi connectivity index (χ1) is 11.7. The quantitative estimate of drug-likeness (QED) is 0.754. The fourth-order valence-electron chi connectivity index (χ4n) is 3.85. The third kappa shape index (κ3) is 4.44. The van der Waals surface area contributed by atoms with Gasteiger partial charge in [-0.25, -0.2) is 0 Å². The number of carbonyl (C=O) groups excluding carboxylic acids is 2. The van der Waals surface area contributed by atoms with Gasteiger partial charge in [0.1, 0.15) is 0 Å². The summed E-state index contributed by atoms with van der Waals surface area (Å²) in [6, 6.07) is 9.52. The summed E-state index contributed by atoms with van der Waals surface area (Å²) in [7, 11) is 0. The molecule has 130 valence electrons. The fraction of sp³-hybridized carbons (Fsp3) is 0.600. The molecule has 0 bridgehead atoms. The van der Waals surface area contributed by atoms with Crippen LogP contribution < -0.4 is 0 Å². The monoisotopic (exact) mass is 328 g/mol. The Bertz CT molecular complexity index is 544. The number of Topliss-reactive ketones (excluding diaryl/α,β-unsaturated/α-hetero) is 1. The zero-order chi connectivity index (χ0) is 16.8. The lowest BCUT2D eigenvalue weighted by Gasteiger charge is -2.36. The van der Waals surface area contributed by atoms with Crippen molar-refractivity contribution in [3.05, 3.63) is 35.9 Å². The topological polar surface area (TPSA) is 40.6 Å². The molecule has 0 spiro atoms. The Morgan fingerprint density at radius 3 is 2.29 bits per heavy atom. The van der Waals surface area contributed by atoms with Crippen LogP contribution in [0.3, 0.4) is 0 Å². The zero-order valence-electron chi connectivity index (χ0n) is 14.5. The van der Waals surface area contributed by atoms with Gasteiger partial charge in [0, 0.05) is 44.1 Å². The van der Waals surface area contributed by atoms with Crippen molar-refractivity contribution in [2.24, 2.45) is 5.92 Å². The fourth-order valence-corrected chi connectivity index (χ4v) is 3.85. The van der Waals surface area contributed by atoms with Crippen LogP contribution in [-0.4, -0.2) is 54.2 Å². The number of amides is 1. The molecule has 3 rings (SSSR count). The Labute approximate surface area is 144 Å². The molecule has 0 aromatic heterocycles. The van der Waals surface area contributed by atoms with Crippen LogP contribution in [0.15, 0.2) is 30.3 Å². The van der Waals surface area contributed by atoms with E-state index in [1.54, 1.807) is 0 Å². The molecular formula is C20H28N2O2. The molecule has 1 aromatic rings. The van der Waals surface area contributed by atoms with Gasteiger partial charge in [-0.05, 0) is 25.8 Å². The van der Waals surface area contributed by atoms with Gasteiger partial charge in [0.25, 0.3) is 0 Å². The van der Waals surface area contributed by atoms with Gasteiger partial charge >= 0.3 is 0 Å². The van der Waals surface area contributed by atoms with Crippen LogP contribution in [0, 0.1) is 5.92 Å². The van der Waals surface area contributed by atoms with Crippen LogP contribution >= 0.6 is 0 Å². The summed E-state index contributed by atoms with van der Waals surface area (Å²) >= 11 is 0. The first kappa shape index (κ1) is 17.2. The van der Waals surface area contributed by atoms with E-state index in [0.717, 1.165) is 57.5 Å².